The number of rotatable bonds is 1. The van der Waals surface area contributed by atoms with Crippen molar-refractivity contribution in [2.75, 3.05) is 26.2 Å². The van der Waals surface area contributed by atoms with Crippen molar-refractivity contribution in [2.45, 2.75) is 81.9 Å². The fraction of sp³-hybridized carbons (Fsp3) is 0.528. The summed E-state index contributed by atoms with van der Waals surface area (Å²) in [5.41, 5.74) is 2.83. The lowest BCUT2D eigenvalue weighted by atomic mass is 9.54. The van der Waals surface area contributed by atoms with Crippen LogP contribution in [0.2, 0.25) is 0 Å². The molecule has 2 unspecified atom stereocenters. The Morgan fingerprint density at radius 1 is 0.905 bits per heavy atom. The van der Waals surface area contributed by atoms with Gasteiger partial charge in [-0.3, -0.25) is 9.88 Å². The number of aromatic hydroxyl groups is 1. The molecule has 6 heterocycles. The zero-order valence-corrected chi connectivity index (χ0v) is 24.6. The summed E-state index contributed by atoms with van der Waals surface area (Å²) in [5, 5.41) is 25.8. The van der Waals surface area contributed by atoms with Gasteiger partial charge in [0.05, 0.1) is 22.8 Å². The van der Waals surface area contributed by atoms with Gasteiger partial charge in [0.25, 0.3) is 0 Å². The molecule has 6 heteroatoms. The van der Waals surface area contributed by atoms with Crippen LogP contribution in [0.4, 0.5) is 0 Å². The lowest BCUT2D eigenvalue weighted by molar-refractivity contribution is -0.0850. The van der Waals surface area contributed by atoms with Crippen LogP contribution >= 0.6 is 0 Å². The second-order valence-corrected chi connectivity index (χ2v) is 13.7. The number of allylic oxidation sites excluding steroid dienone is 3. The predicted molar refractivity (Wildman–Crippen MR) is 169 cm³/mol. The minimum Gasteiger partial charge on any atom is -0.506 e. The molecule has 0 saturated carbocycles. The largest absolute Gasteiger partial charge is 0.506 e. The number of phenols is 1. The minimum absolute atomic E-state index is 0.0592. The summed E-state index contributed by atoms with van der Waals surface area (Å²) in [5.74, 6) is 0.573. The molecule has 220 valence electrons. The van der Waals surface area contributed by atoms with Gasteiger partial charge in [-0.1, -0.05) is 42.9 Å². The van der Waals surface area contributed by atoms with Crippen LogP contribution < -0.4 is 0 Å². The number of aromatic amines is 1. The zero-order chi connectivity index (χ0) is 28.3. The summed E-state index contributed by atoms with van der Waals surface area (Å²) in [6.45, 7) is 4.34. The van der Waals surface area contributed by atoms with Crippen molar-refractivity contribution in [1.29, 1.82) is 0 Å². The maximum Gasteiger partial charge on any atom is 0.139 e. The molecule has 4 aliphatic heterocycles. The van der Waals surface area contributed by atoms with Crippen molar-refractivity contribution in [3.8, 4) is 5.75 Å². The van der Waals surface area contributed by atoms with Crippen LogP contribution in [-0.2, 0) is 0 Å². The van der Waals surface area contributed by atoms with E-state index in [0.717, 1.165) is 79.4 Å². The van der Waals surface area contributed by atoms with Crippen molar-refractivity contribution < 1.29 is 10.2 Å². The quantitative estimate of drug-likeness (QED) is 0.292. The smallest absolute Gasteiger partial charge is 0.139 e. The van der Waals surface area contributed by atoms with E-state index in [-0.39, 0.29) is 17.2 Å². The van der Waals surface area contributed by atoms with Crippen LogP contribution in [0, 0.1) is 11.3 Å². The number of piperidine rings is 1. The number of hydrogen-bond acceptors (Lipinski definition) is 5. The van der Waals surface area contributed by atoms with Gasteiger partial charge in [-0.25, -0.2) is 0 Å². The molecular weight excluding hydrogens is 520 g/mol. The van der Waals surface area contributed by atoms with E-state index in [9.17, 15) is 10.2 Å². The van der Waals surface area contributed by atoms with Crippen LogP contribution in [0.1, 0.15) is 69.9 Å². The molecule has 1 aromatic carbocycles. The third-order valence-electron chi connectivity index (χ3n) is 11.3. The molecular formula is C36H44N4O2. The number of nitrogens with zero attached hydrogens (tertiary/aromatic N) is 3. The number of hydrogen-bond donors (Lipinski definition) is 3. The first kappa shape index (κ1) is 26.7. The second-order valence-electron chi connectivity index (χ2n) is 13.7. The Kier molecular flexibility index (Phi) is 6.58. The maximum absolute atomic E-state index is 13.0. The highest BCUT2D eigenvalue weighted by Gasteiger charge is 2.65. The lowest BCUT2D eigenvalue weighted by Crippen LogP contribution is -2.65. The minimum atomic E-state index is -0.987. The fourth-order valence-electron chi connectivity index (χ4n) is 9.62. The average molecular weight is 565 g/mol. The van der Waals surface area contributed by atoms with Gasteiger partial charge in [-0.15, -0.1) is 0 Å². The Labute approximate surface area is 248 Å². The Balaban J connectivity index is 1.36. The molecule has 2 saturated heterocycles. The third kappa shape index (κ3) is 4.13. The van der Waals surface area contributed by atoms with Crippen LogP contribution in [0.15, 0.2) is 60.8 Å². The first-order valence-corrected chi connectivity index (χ1v) is 16.4. The molecule has 0 amide bonds. The SMILES string of the molecule is Oc1cccc2c1[nH]c1c(C3=C[C@]4(O)C/C=C\CCCCCN5CC[C@@H]3[C@]3(C[C@@H]6/C=C\CCCCN6C34)C5)nccc12. The van der Waals surface area contributed by atoms with E-state index >= 15 is 0 Å². The van der Waals surface area contributed by atoms with E-state index in [1.54, 1.807) is 6.07 Å². The Hall–Kier alpha value is -2.93. The molecule has 3 aromatic rings. The number of para-hydroxylation sites is 1. The molecule has 42 heavy (non-hydrogen) atoms. The molecule has 5 aliphatic rings. The third-order valence-corrected chi connectivity index (χ3v) is 11.3. The van der Waals surface area contributed by atoms with Gasteiger partial charge in [-0.05, 0) is 107 Å². The van der Waals surface area contributed by atoms with E-state index in [1.165, 1.54) is 37.7 Å². The fourth-order valence-corrected chi connectivity index (χ4v) is 9.62. The van der Waals surface area contributed by atoms with Gasteiger partial charge < -0.3 is 20.1 Å². The topological polar surface area (TPSA) is 75.6 Å². The van der Waals surface area contributed by atoms with Crippen molar-refractivity contribution in [2.24, 2.45) is 11.3 Å². The van der Waals surface area contributed by atoms with E-state index in [2.05, 4.69) is 57.3 Å². The molecule has 8 rings (SSSR count). The van der Waals surface area contributed by atoms with Gasteiger partial charge in [0.15, 0.2) is 0 Å². The second kappa shape index (κ2) is 10.4. The molecule has 1 spiro atoms. The number of nitrogens with one attached hydrogen (secondary N) is 1. The van der Waals surface area contributed by atoms with Gasteiger partial charge in [0.1, 0.15) is 11.4 Å². The molecule has 3 N–H and O–H groups in total. The van der Waals surface area contributed by atoms with Crippen LogP contribution in [-0.4, -0.2) is 73.8 Å². The molecule has 3 bridgehead atoms. The number of fused-ring (bicyclic) bond motifs is 5. The first-order chi connectivity index (χ1) is 20.6. The summed E-state index contributed by atoms with van der Waals surface area (Å²) < 4.78 is 0. The molecule has 2 aromatic heterocycles. The first-order valence-electron chi connectivity index (χ1n) is 16.4. The predicted octanol–water partition coefficient (Wildman–Crippen LogP) is 6.56. The normalized spacial score (nSPS) is 37.0. The highest BCUT2D eigenvalue weighted by molar-refractivity contribution is 6.11. The number of benzene rings is 1. The number of pyridine rings is 1. The number of H-pyrrole nitrogens is 1. The van der Waals surface area contributed by atoms with Gasteiger partial charge >= 0.3 is 0 Å². The Bertz CT molecular complexity index is 1590. The van der Waals surface area contributed by atoms with E-state index in [1.807, 2.05) is 12.3 Å². The van der Waals surface area contributed by atoms with E-state index < -0.39 is 5.60 Å². The van der Waals surface area contributed by atoms with Crippen LogP contribution in [0.25, 0.3) is 27.4 Å². The monoisotopic (exact) mass is 564 g/mol. The molecule has 6 nitrogen and oxygen atoms in total. The molecule has 0 radical (unpaired) electrons. The standard InChI is InChI=1S/C36H44N4O2/c41-30-14-11-13-26-27-15-18-37-32(33(27)38-31(26)30)28-23-36(42)17-8-4-1-2-5-9-19-39-21-16-29(28)35(24-39)22-25-12-7-3-6-10-20-40(25)34(35)36/h4,7-8,11-15,18,23,25,29,34,38,41-42H,1-3,5-6,9-10,16-17,19-22,24H2/b8-4-,12-7-/t25-,29-,34?,35-,36+/m0/s1. The number of phenolic OH excluding ortho intramolecular Hbond substituents is 1. The van der Waals surface area contributed by atoms with Gasteiger partial charge in [0.2, 0.25) is 0 Å². The highest BCUT2D eigenvalue weighted by atomic mass is 16.3. The number of aromatic nitrogens is 2. The summed E-state index contributed by atoms with van der Waals surface area (Å²) in [4.78, 5) is 14.1. The van der Waals surface area contributed by atoms with Crippen LogP contribution in [0.3, 0.4) is 0 Å². The maximum atomic E-state index is 13.0. The summed E-state index contributed by atoms with van der Waals surface area (Å²) >= 11 is 0. The summed E-state index contributed by atoms with van der Waals surface area (Å²) in [6, 6.07) is 8.21. The van der Waals surface area contributed by atoms with Crippen molar-refractivity contribution in [3.05, 3.63) is 66.5 Å². The summed E-state index contributed by atoms with van der Waals surface area (Å²) in [7, 11) is 0. The Morgan fingerprint density at radius 3 is 2.71 bits per heavy atom. The van der Waals surface area contributed by atoms with Gasteiger partial charge in [-0.2, -0.15) is 0 Å². The highest BCUT2D eigenvalue weighted by Crippen LogP contribution is 2.61. The van der Waals surface area contributed by atoms with Crippen molar-refractivity contribution in [3.63, 3.8) is 0 Å². The van der Waals surface area contributed by atoms with Gasteiger partial charge in [0, 0.05) is 35.0 Å². The van der Waals surface area contributed by atoms with E-state index in [4.69, 9.17) is 4.98 Å². The lowest BCUT2D eigenvalue weighted by Gasteiger charge is -2.58. The number of aliphatic hydroxyl groups is 1. The Morgan fingerprint density at radius 2 is 1.76 bits per heavy atom. The average Bonchev–Trinajstić information content (AvgIpc) is 3.50. The van der Waals surface area contributed by atoms with E-state index in [0.29, 0.717) is 18.4 Å². The van der Waals surface area contributed by atoms with Crippen LogP contribution in [0.5, 0.6) is 5.75 Å². The molecule has 1 aliphatic carbocycles. The van der Waals surface area contributed by atoms with Crippen molar-refractivity contribution in [1.82, 2.24) is 19.8 Å². The van der Waals surface area contributed by atoms with Crippen molar-refractivity contribution >= 4 is 27.4 Å². The molecule has 6 atom stereocenters. The summed E-state index contributed by atoms with van der Waals surface area (Å²) in [6.07, 6.45) is 24.8. The zero-order valence-electron chi connectivity index (χ0n) is 24.6. The molecule has 2 fully saturated rings.